The van der Waals surface area contributed by atoms with Crippen LogP contribution in [0.1, 0.15) is 13.8 Å². The van der Waals surface area contributed by atoms with E-state index in [1.165, 1.54) is 19.2 Å². The fourth-order valence-electron chi connectivity index (χ4n) is 1.55. The van der Waals surface area contributed by atoms with Gasteiger partial charge in [0.05, 0.1) is 4.90 Å². The second-order valence-electron chi connectivity index (χ2n) is 4.43. The normalized spacial score (nSPS) is 12.9. The first-order valence-corrected chi connectivity index (χ1v) is 7.94. The van der Waals surface area contributed by atoms with Crippen LogP contribution in [-0.4, -0.2) is 34.5 Å². The Morgan fingerprint density at radius 3 is 2.35 bits per heavy atom. The van der Waals surface area contributed by atoms with Gasteiger partial charge in [0, 0.05) is 18.2 Å². The van der Waals surface area contributed by atoms with Gasteiger partial charge < -0.3 is 10.6 Å². The van der Waals surface area contributed by atoms with Gasteiger partial charge in [0.15, 0.2) is 0 Å². The molecule has 0 bridgehead atoms. The summed E-state index contributed by atoms with van der Waals surface area (Å²) in [5.41, 5.74) is 0.577. The van der Waals surface area contributed by atoms with Gasteiger partial charge in [-0.05, 0) is 37.9 Å². The van der Waals surface area contributed by atoms with Gasteiger partial charge in [-0.1, -0.05) is 13.8 Å². The lowest BCUT2D eigenvalue weighted by Crippen LogP contribution is -2.30. The van der Waals surface area contributed by atoms with Crippen LogP contribution in [0.25, 0.3) is 0 Å². The topological polar surface area (TPSA) is 87.3 Å². The number of benzene rings is 1. The van der Waals surface area contributed by atoms with E-state index in [1.54, 1.807) is 12.1 Å². The molecule has 1 aromatic rings. The molecule has 0 aliphatic carbocycles. The number of rotatable bonds is 7. The van der Waals surface area contributed by atoms with E-state index in [9.17, 15) is 13.2 Å². The summed E-state index contributed by atoms with van der Waals surface area (Å²) < 4.78 is 25.3. The van der Waals surface area contributed by atoms with Crippen LogP contribution >= 0.6 is 0 Å². The number of carbonyl (C=O) groups excluding carboxylic acids is 1. The Bertz CT molecular complexity index is 540. The quantitative estimate of drug-likeness (QED) is 0.694. The van der Waals surface area contributed by atoms with Crippen molar-refractivity contribution in [1.82, 2.24) is 10.0 Å². The Hall–Kier alpha value is -1.44. The molecular formula is C13H21N3O3S. The Balaban J connectivity index is 2.68. The maximum Gasteiger partial charge on any atom is 0.240 e. The van der Waals surface area contributed by atoms with Crippen molar-refractivity contribution in [3.05, 3.63) is 24.3 Å². The third-order valence-corrected chi connectivity index (χ3v) is 4.28. The standard InChI is InChI=1S/C13H21N3O3S/c1-4-15-9-10(2)13(17)16-11-5-7-12(8-6-11)20(18,19)14-3/h5-8,10,14-15H,4,9H2,1-3H3,(H,16,17). The van der Waals surface area contributed by atoms with Gasteiger partial charge in [-0.2, -0.15) is 0 Å². The van der Waals surface area contributed by atoms with E-state index in [0.29, 0.717) is 12.2 Å². The largest absolute Gasteiger partial charge is 0.326 e. The van der Waals surface area contributed by atoms with Gasteiger partial charge in [0.25, 0.3) is 0 Å². The molecule has 1 amide bonds. The smallest absolute Gasteiger partial charge is 0.240 e. The van der Waals surface area contributed by atoms with Crippen LogP contribution in [0.3, 0.4) is 0 Å². The van der Waals surface area contributed by atoms with Crippen molar-refractivity contribution in [2.45, 2.75) is 18.7 Å². The van der Waals surface area contributed by atoms with Crippen molar-refractivity contribution < 1.29 is 13.2 Å². The highest BCUT2D eigenvalue weighted by Crippen LogP contribution is 2.14. The van der Waals surface area contributed by atoms with Crippen LogP contribution in [0.5, 0.6) is 0 Å². The number of sulfonamides is 1. The third kappa shape index (κ3) is 4.59. The van der Waals surface area contributed by atoms with Gasteiger partial charge in [0.2, 0.25) is 15.9 Å². The van der Waals surface area contributed by atoms with Crippen molar-refractivity contribution in [2.75, 3.05) is 25.5 Å². The minimum Gasteiger partial charge on any atom is -0.326 e. The second-order valence-corrected chi connectivity index (χ2v) is 6.32. The number of carbonyl (C=O) groups is 1. The van der Waals surface area contributed by atoms with E-state index in [0.717, 1.165) is 6.54 Å². The monoisotopic (exact) mass is 299 g/mol. The highest BCUT2D eigenvalue weighted by Gasteiger charge is 2.14. The highest BCUT2D eigenvalue weighted by molar-refractivity contribution is 7.89. The summed E-state index contributed by atoms with van der Waals surface area (Å²) in [5.74, 6) is -0.258. The molecule has 0 spiro atoms. The fraction of sp³-hybridized carbons (Fsp3) is 0.462. The van der Waals surface area contributed by atoms with Gasteiger partial charge in [-0.25, -0.2) is 13.1 Å². The summed E-state index contributed by atoms with van der Waals surface area (Å²) in [6.45, 7) is 5.23. The number of hydrogen-bond donors (Lipinski definition) is 3. The molecule has 0 heterocycles. The highest BCUT2D eigenvalue weighted by atomic mass is 32.2. The molecule has 0 fully saturated rings. The van der Waals surface area contributed by atoms with Crippen molar-refractivity contribution in [3.8, 4) is 0 Å². The summed E-state index contributed by atoms with van der Waals surface area (Å²) in [6.07, 6.45) is 0. The van der Waals surface area contributed by atoms with Crippen LogP contribution < -0.4 is 15.4 Å². The Kier molecular flexibility index (Phi) is 6.12. The zero-order valence-electron chi connectivity index (χ0n) is 11.9. The molecular weight excluding hydrogens is 278 g/mol. The van der Waals surface area contributed by atoms with Crippen LogP contribution in [0.2, 0.25) is 0 Å². The number of amides is 1. The Labute approximate surface area is 120 Å². The van der Waals surface area contributed by atoms with Crippen molar-refractivity contribution in [2.24, 2.45) is 5.92 Å². The molecule has 6 nitrogen and oxygen atoms in total. The maximum absolute atomic E-state index is 11.9. The van der Waals surface area contributed by atoms with Crippen LogP contribution in [0.4, 0.5) is 5.69 Å². The molecule has 0 aromatic heterocycles. The zero-order valence-corrected chi connectivity index (χ0v) is 12.8. The minimum absolute atomic E-state index is 0.102. The molecule has 0 radical (unpaired) electrons. The van der Waals surface area contributed by atoms with E-state index in [-0.39, 0.29) is 16.7 Å². The van der Waals surface area contributed by atoms with Crippen LogP contribution in [-0.2, 0) is 14.8 Å². The predicted molar refractivity (Wildman–Crippen MR) is 79.0 cm³/mol. The molecule has 20 heavy (non-hydrogen) atoms. The third-order valence-electron chi connectivity index (χ3n) is 2.85. The molecule has 7 heteroatoms. The van der Waals surface area contributed by atoms with E-state index in [4.69, 9.17) is 0 Å². The van der Waals surface area contributed by atoms with Crippen LogP contribution in [0, 0.1) is 5.92 Å². The average molecular weight is 299 g/mol. The van der Waals surface area contributed by atoms with Crippen LogP contribution in [0.15, 0.2) is 29.2 Å². The lowest BCUT2D eigenvalue weighted by molar-refractivity contribution is -0.119. The molecule has 0 aliphatic heterocycles. The minimum atomic E-state index is -3.44. The first-order chi connectivity index (χ1) is 9.40. The Morgan fingerprint density at radius 1 is 1.25 bits per heavy atom. The average Bonchev–Trinajstić information content (AvgIpc) is 2.45. The predicted octanol–water partition coefficient (Wildman–Crippen LogP) is 0.779. The summed E-state index contributed by atoms with van der Waals surface area (Å²) >= 11 is 0. The molecule has 1 aromatic carbocycles. The molecule has 1 rings (SSSR count). The molecule has 0 saturated carbocycles. The van der Waals surface area contributed by atoms with E-state index < -0.39 is 10.0 Å². The molecule has 0 saturated heterocycles. The second kappa shape index (κ2) is 7.37. The van der Waals surface area contributed by atoms with E-state index >= 15 is 0 Å². The fourth-order valence-corrected chi connectivity index (χ4v) is 2.28. The molecule has 1 atom stereocenters. The Morgan fingerprint density at radius 2 is 1.85 bits per heavy atom. The summed E-state index contributed by atoms with van der Waals surface area (Å²) in [7, 11) is -2.09. The van der Waals surface area contributed by atoms with E-state index in [2.05, 4.69) is 15.4 Å². The number of anilines is 1. The van der Waals surface area contributed by atoms with Gasteiger partial charge in [0.1, 0.15) is 0 Å². The number of nitrogens with one attached hydrogen (secondary N) is 3. The first kappa shape index (κ1) is 16.6. The molecule has 3 N–H and O–H groups in total. The van der Waals surface area contributed by atoms with Gasteiger partial charge in [-0.3, -0.25) is 4.79 Å². The summed E-state index contributed by atoms with van der Waals surface area (Å²) in [5, 5.41) is 5.86. The molecule has 112 valence electrons. The summed E-state index contributed by atoms with van der Waals surface area (Å²) in [4.78, 5) is 12.0. The molecule has 1 unspecified atom stereocenters. The zero-order chi connectivity index (χ0) is 15.2. The van der Waals surface area contributed by atoms with Gasteiger partial charge >= 0.3 is 0 Å². The van der Waals surface area contributed by atoms with Crippen molar-refractivity contribution in [3.63, 3.8) is 0 Å². The van der Waals surface area contributed by atoms with Crippen molar-refractivity contribution in [1.29, 1.82) is 0 Å². The summed E-state index contributed by atoms with van der Waals surface area (Å²) in [6, 6.07) is 6.05. The van der Waals surface area contributed by atoms with Crippen molar-refractivity contribution >= 4 is 21.6 Å². The number of hydrogen-bond acceptors (Lipinski definition) is 4. The maximum atomic E-state index is 11.9. The van der Waals surface area contributed by atoms with E-state index in [1.807, 2.05) is 13.8 Å². The van der Waals surface area contributed by atoms with Gasteiger partial charge in [-0.15, -0.1) is 0 Å². The lowest BCUT2D eigenvalue weighted by atomic mass is 10.1. The molecule has 0 aliphatic rings. The lowest BCUT2D eigenvalue weighted by Gasteiger charge is -2.12. The first-order valence-electron chi connectivity index (χ1n) is 6.46. The SMILES string of the molecule is CCNCC(C)C(=O)Nc1ccc(S(=O)(=O)NC)cc1.